The zero-order valence-electron chi connectivity index (χ0n) is 12.2. The van der Waals surface area contributed by atoms with Crippen LogP contribution in [0.5, 0.6) is 0 Å². The molecule has 1 saturated heterocycles. The monoisotopic (exact) mass is 305 g/mol. The van der Waals surface area contributed by atoms with E-state index in [2.05, 4.69) is 20.4 Å². The molecular weight excluding hydrogens is 286 g/mol. The second kappa shape index (κ2) is 6.71. The number of piperidine rings is 1. The molecule has 3 rings (SSSR count). The molecule has 8 heteroatoms. The molecular formula is C14H19N5O3. The lowest BCUT2D eigenvalue weighted by atomic mass is 10.0. The third kappa shape index (κ3) is 3.71. The molecule has 1 aliphatic rings. The molecule has 0 radical (unpaired) electrons. The molecule has 2 aromatic heterocycles. The van der Waals surface area contributed by atoms with E-state index in [0.717, 1.165) is 38.2 Å². The number of nitrogens with zero attached hydrogens (tertiary/aromatic N) is 3. The Kier molecular flexibility index (Phi) is 4.50. The summed E-state index contributed by atoms with van der Waals surface area (Å²) in [5.41, 5.74) is 5.07. The number of nitrogens with one attached hydrogen (secondary N) is 1. The van der Waals surface area contributed by atoms with Crippen LogP contribution in [-0.4, -0.2) is 40.1 Å². The summed E-state index contributed by atoms with van der Waals surface area (Å²) >= 11 is 0. The van der Waals surface area contributed by atoms with Gasteiger partial charge in [0, 0.05) is 19.1 Å². The Bertz CT molecular complexity index is 602. The summed E-state index contributed by atoms with van der Waals surface area (Å²) in [5, 5.41) is 7.10. The van der Waals surface area contributed by atoms with Crippen LogP contribution in [0.15, 0.2) is 27.3 Å². The predicted molar refractivity (Wildman–Crippen MR) is 76.7 cm³/mol. The molecule has 8 nitrogen and oxygen atoms in total. The quantitative estimate of drug-likeness (QED) is 0.800. The number of amides is 1. The number of nitrogens with two attached hydrogens (primary N) is 1. The average molecular weight is 305 g/mol. The van der Waals surface area contributed by atoms with E-state index in [9.17, 15) is 4.79 Å². The second-order valence-electron chi connectivity index (χ2n) is 5.39. The van der Waals surface area contributed by atoms with Crippen molar-refractivity contribution in [3.8, 4) is 0 Å². The minimum atomic E-state index is -0.704. The summed E-state index contributed by atoms with van der Waals surface area (Å²) in [4.78, 5) is 17.2. The van der Waals surface area contributed by atoms with Gasteiger partial charge in [0.25, 0.3) is 0 Å². The summed E-state index contributed by atoms with van der Waals surface area (Å²) in [5.74, 6) is 0.596. The first-order valence-corrected chi connectivity index (χ1v) is 7.31. The fourth-order valence-electron chi connectivity index (χ4n) is 2.58. The van der Waals surface area contributed by atoms with E-state index in [0.29, 0.717) is 18.4 Å². The van der Waals surface area contributed by atoms with E-state index < -0.39 is 5.91 Å². The van der Waals surface area contributed by atoms with Gasteiger partial charge in [0.1, 0.15) is 5.76 Å². The van der Waals surface area contributed by atoms with Gasteiger partial charge in [-0.3, -0.25) is 9.69 Å². The van der Waals surface area contributed by atoms with Crippen molar-refractivity contribution in [3.05, 3.63) is 35.9 Å². The first-order chi connectivity index (χ1) is 10.7. The van der Waals surface area contributed by atoms with Crippen molar-refractivity contribution in [3.63, 3.8) is 0 Å². The van der Waals surface area contributed by atoms with Crippen molar-refractivity contribution < 1.29 is 13.7 Å². The van der Waals surface area contributed by atoms with Gasteiger partial charge in [-0.2, -0.15) is 4.98 Å². The van der Waals surface area contributed by atoms with Crippen molar-refractivity contribution in [2.24, 2.45) is 5.73 Å². The maximum Gasteiger partial charge on any atom is 0.315 e. The van der Waals surface area contributed by atoms with Gasteiger partial charge in [0.15, 0.2) is 5.82 Å². The first kappa shape index (κ1) is 14.7. The number of carbonyl (C=O) groups is 1. The van der Waals surface area contributed by atoms with Crippen LogP contribution < -0.4 is 11.1 Å². The topological polar surface area (TPSA) is 110 Å². The summed E-state index contributed by atoms with van der Waals surface area (Å²) in [7, 11) is 0. The number of likely N-dealkylation sites (tertiary alicyclic amines) is 1. The van der Waals surface area contributed by atoms with Crippen molar-refractivity contribution in [2.45, 2.75) is 32.0 Å². The lowest BCUT2D eigenvalue weighted by molar-refractivity contribution is 0.0958. The van der Waals surface area contributed by atoms with Gasteiger partial charge >= 0.3 is 11.8 Å². The summed E-state index contributed by atoms with van der Waals surface area (Å²) in [6.45, 7) is 3.35. The Morgan fingerprint density at radius 1 is 1.45 bits per heavy atom. The second-order valence-corrected chi connectivity index (χ2v) is 5.39. The number of rotatable bonds is 6. The Hall–Kier alpha value is -2.19. The van der Waals surface area contributed by atoms with Gasteiger partial charge in [-0.1, -0.05) is 5.16 Å². The van der Waals surface area contributed by atoms with Crippen LogP contribution in [0.3, 0.4) is 0 Å². The first-order valence-electron chi connectivity index (χ1n) is 7.31. The maximum absolute atomic E-state index is 10.9. The molecule has 0 aliphatic carbocycles. The molecule has 118 valence electrons. The van der Waals surface area contributed by atoms with Crippen molar-refractivity contribution in [2.75, 3.05) is 13.1 Å². The Morgan fingerprint density at radius 2 is 2.27 bits per heavy atom. The van der Waals surface area contributed by atoms with Crippen LogP contribution in [0, 0.1) is 0 Å². The number of hydrogen-bond donors (Lipinski definition) is 2. The van der Waals surface area contributed by atoms with Crippen LogP contribution in [0.4, 0.5) is 0 Å². The van der Waals surface area contributed by atoms with Gasteiger partial charge < -0.3 is 20.0 Å². The molecule has 1 fully saturated rings. The highest BCUT2D eigenvalue weighted by atomic mass is 16.5. The van der Waals surface area contributed by atoms with Gasteiger partial charge in [0.2, 0.25) is 0 Å². The van der Waals surface area contributed by atoms with Crippen LogP contribution in [0.1, 0.15) is 35.1 Å². The summed E-state index contributed by atoms with van der Waals surface area (Å²) < 4.78 is 10.1. The fourth-order valence-corrected chi connectivity index (χ4v) is 2.58. The minimum absolute atomic E-state index is 0.148. The molecule has 0 bridgehead atoms. The molecule has 22 heavy (non-hydrogen) atoms. The van der Waals surface area contributed by atoms with Crippen LogP contribution >= 0.6 is 0 Å². The smallest absolute Gasteiger partial charge is 0.315 e. The Labute approximate surface area is 127 Å². The highest BCUT2D eigenvalue weighted by Gasteiger charge is 2.20. The van der Waals surface area contributed by atoms with E-state index in [1.807, 2.05) is 12.1 Å². The molecule has 1 aliphatic heterocycles. The highest BCUT2D eigenvalue weighted by Crippen LogP contribution is 2.14. The zero-order chi connectivity index (χ0) is 15.4. The summed E-state index contributed by atoms with van der Waals surface area (Å²) in [6, 6.07) is 4.31. The number of hydrogen-bond acceptors (Lipinski definition) is 7. The normalized spacial score (nSPS) is 16.9. The molecule has 0 spiro atoms. The van der Waals surface area contributed by atoms with Crippen LogP contribution in [0.2, 0.25) is 0 Å². The largest absolute Gasteiger partial charge is 0.468 e. The van der Waals surface area contributed by atoms with Crippen LogP contribution in [-0.2, 0) is 13.1 Å². The van der Waals surface area contributed by atoms with Gasteiger partial charge in [0.05, 0.1) is 19.4 Å². The SMILES string of the molecule is NC(=O)c1nc(CNC2CCN(Cc3ccco3)CC2)no1. The van der Waals surface area contributed by atoms with Crippen LogP contribution in [0.25, 0.3) is 0 Å². The molecule has 0 saturated carbocycles. The van der Waals surface area contributed by atoms with E-state index in [4.69, 9.17) is 14.7 Å². The third-order valence-corrected chi connectivity index (χ3v) is 3.77. The Morgan fingerprint density at radius 3 is 2.91 bits per heavy atom. The van der Waals surface area contributed by atoms with Crippen molar-refractivity contribution >= 4 is 5.91 Å². The molecule has 0 atom stereocenters. The number of aromatic nitrogens is 2. The van der Waals surface area contributed by atoms with Crippen molar-refractivity contribution in [1.82, 2.24) is 20.4 Å². The highest BCUT2D eigenvalue weighted by molar-refractivity contribution is 5.87. The lowest BCUT2D eigenvalue weighted by Crippen LogP contribution is -2.41. The van der Waals surface area contributed by atoms with Gasteiger partial charge in [-0.15, -0.1) is 0 Å². The number of carbonyl (C=O) groups excluding carboxylic acids is 1. The molecule has 2 aromatic rings. The standard InChI is InChI=1S/C14H19N5O3/c15-13(20)14-17-12(18-22-14)8-16-10-3-5-19(6-4-10)9-11-2-1-7-21-11/h1-2,7,10,16H,3-6,8-9H2,(H2,15,20). The number of furan rings is 1. The summed E-state index contributed by atoms with van der Waals surface area (Å²) in [6.07, 6.45) is 3.79. The van der Waals surface area contributed by atoms with E-state index in [-0.39, 0.29) is 5.89 Å². The van der Waals surface area contributed by atoms with Crippen molar-refractivity contribution in [1.29, 1.82) is 0 Å². The van der Waals surface area contributed by atoms with Gasteiger partial charge in [-0.25, -0.2) is 0 Å². The minimum Gasteiger partial charge on any atom is -0.468 e. The molecule has 3 heterocycles. The molecule has 0 unspecified atom stereocenters. The van der Waals surface area contributed by atoms with E-state index in [1.54, 1.807) is 6.26 Å². The molecule has 3 N–H and O–H groups in total. The molecule has 0 aromatic carbocycles. The lowest BCUT2D eigenvalue weighted by Gasteiger charge is -2.31. The maximum atomic E-state index is 10.9. The predicted octanol–water partition coefficient (Wildman–Crippen LogP) is 0.516. The zero-order valence-corrected chi connectivity index (χ0v) is 12.2. The third-order valence-electron chi connectivity index (χ3n) is 3.77. The number of primary amides is 1. The fraction of sp³-hybridized carbons (Fsp3) is 0.500. The van der Waals surface area contributed by atoms with E-state index >= 15 is 0 Å². The van der Waals surface area contributed by atoms with Gasteiger partial charge in [-0.05, 0) is 25.0 Å². The Balaban J connectivity index is 1.41. The molecule has 1 amide bonds. The van der Waals surface area contributed by atoms with E-state index in [1.165, 1.54) is 0 Å². The average Bonchev–Trinajstić information content (AvgIpc) is 3.18.